The van der Waals surface area contributed by atoms with Gasteiger partial charge in [-0.05, 0) is 18.2 Å². The number of nitrogens with one attached hydrogen (secondary N) is 1. The van der Waals surface area contributed by atoms with E-state index in [0.29, 0.717) is 11.4 Å². The molecule has 1 aromatic heterocycles. The first kappa shape index (κ1) is 12.5. The standard InChI is InChI=1S/C15H11F2N3/c16-10-6-7-11(17)15-14(10)13(20-18)8-12(19-15)9-4-2-1-3-5-9/h1-8H,18H2,(H,19,20). The first-order valence-corrected chi connectivity index (χ1v) is 6.01. The second-order valence-corrected chi connectivity index (χ2v) is 4.32. The molecule has 0 spiro atoms. The van der Waals surface area contributed by atoms with E-state index in [1.165, 1.54) is 0 Å². The molecule has 3 aromatic rings. The van der Waals surface area contributed by atoms with Crippen LogP contribution in [0.1, 0.15) is 0 Å². The van der Waals surface area contributed by atoms with Crippen molar-refractivity contribution >= 4 is 16.6 Å². The third-order valence-electron chi connectivity index (χ3n) is 3.09. The van der Waals surface area contributed by atoms with E-state index >= 15 is 0 Å². The van der Waals surface area contributed by atoms with Crippen molar-refractivity contribution in [3.05, 3.63) is 60.2 Å². The maximum Gasteiger partial charge on any atom is 0.149 e. The molecule has 0 aliphatic rings. The van der Waals surface area contributed by atoms with Gasteiger partial charge >= 0.3 is 0 Å². The van der Waals surface area contributed by atoms with Gasteiger partial charge in [-0.25, -0.2) is 13.8 Å². The largest absolute Gasteiger partial charge is 0.323 e. The summed E-state index contributed by atoms with van der Waals surface area (Å²) in [4.78, 5) is 4.20. The minimum Gasteiger partial charge on any atom is -0.323 e. The van der Waals surface area contributed by atoms with E-state index in [0.717, 1.165) is 17.7 Å². The number of fused-ring (bicyclic) bond motifs is 1. The number of aromatic nitrogens is 1. The van der Waals surface area contributed by atoms with E-state index in [4.69, 9.17) is 5.84 Å². The Bertz CT molecular complexity index is 773. The molecule has 0 aliphatic heterocycles. The average Bonchev–Trinajstić information content (AvgIpc) is 2.51. The maximum atomic E-state index is 13.9. The molecule has 20 heavy (non-hydrogen) atoms. The first-order valence-electron chi connectivity index (χ1n) is 6.01. The highest BCUT2D eigenvalue weighted by molar-refractivity contribution is 5.94. The second-order valence-electron chi connectivity index (χ2n) is 4.32. The summed E-state index contributed by atoms with van der Waals surface area (Å²) in [5.41, 5.74) is 3.98. The Morgan fingerprint density at radius 2 is 1.65 bits per heavy atom. The number of nitrogens with zero attached hydrogens (tertiary/aromatic N) is 1. The van der Waals surface area contributed by atoms with Gasteiger partial charge < -0.3 is 5.43 Å². The van der Waals surface area contributed by atoms with E-state index in [1.54, 1.807) is 6.07 Å². The summed E-state index contributed by atoms with van der Waals surface area (Å²) in [7, 11) is 0. The summed E-state index contributed by atoms with van der Waals surface area (Å²) in [6, 6.07) is 12.9. The van der Waals surface area contributed by atoms with Gasteiger partial charge in [0.1, 0.15) is 17.2 Å². The van der Waals surface area contributed by atoms with Crippen molar-refractivity contribution in [3.8, 4) is 11.3 Å². The molecule has 0 atom stereocenters. The lowest BCUT2D eigenvalue weighted by Crippen LogP contribution is -2.09. The zero-order valence-electron chi connectivity index (χ0n) is 10.4. The van der Waals surface area contributed by atoms with Crippen molar-refractivity contribution in [1.82, 2.24) is 4.98 Å². The Hall–Kier alpha value is -2.53. The van der Waals surface area contributed by atoms with Crippen LogP contribution in [0.2, 0.25) is 0 Å². The molecule has 0 saturated carbocycles. The molecular weight excluding hydrogens is 260 g/mol. The number of halogens is 2. The molecule has 2 aromatic carbocycles. The number of hydrogen-bond donors (Lipinski definition) is 2. The van der Waals surface area contributed by atoms with Crippen LogP contribution in [-0.2, 0) is 0 Å². The topological polar surface area (TPSA) is 50.9 Å². The minimum absolute atomic E-state index is 0.0423. The fourth-order valence-electron chi connectivity index (χ4n) is 2.14. The summed E-state index contributed by atoms with van der Waals surface area (Å²) in [5.74, 6) is 4.26. The molecule has 3 rings (SSSR count). The summed E-state index contributed by atoms with van der Waals surface area (Å²) >= 11 is 0. The normalized spacial score (nSPS) is 10.8. The Kier molecular flexibility index (Phi) is 3.04. The van der Waals surface area contributed by atoms with E-state index in [2.05, 4.69) is 10.4 Å². The second kappa shape index (κ2) is 4.86. The van der Waals surface area contributed by atoms with Gasteiger partial charge in [-0.3, -0.25) is 5.84 Å². The van der Waals surface area contributed by atoms with Gasteiger partial charge in [-0.2, -0.15) is 0 Å². The van der Waals surface area contributed by atoms with Crippen LogP contribution in [0.5, 0.6) is 0 Å². The van der Waals surface area contributed by atoms with Gasteiger partial charge in [-0.1, -0.05) is 30.3 Å². The Balaban J connectivity index is 2.35. The third kappa shape index (κ3) is 1.98. The predicted octanol–water partition coefficient (Wildman–Crippen LogP) is 3.47. The quantitative estimate of drug-likeness (QED) is 0.554. The van der Waals surface area contributed by atoms with Crippen LogP contribution in [0.3, 0.4) is 0 Å². The summed E-state index contributed by atoms with van der Waals surface area (Å²) in [6.45, 7) is 0. The van der Waals surface area contributed by atoms with Crippen molar-refractivity contribution in [2.24, 2.45) is 5.84 Å². The molecule has 0 saturated heterocycles. The first-order chi connectivity index (χ1) is 9.70. The Labute approximate surface area is 114 Å². The lowest BCUT2D eigenvalue weighted by atomic mass is 10.1. The van der Waals surface area contributed by atoms with Crippen molar-refractivity contribution in [3.63, 3.8) is 0 Å². The molecule has 0 fully saturated rings. The van der Waals surface area contributed by atoms with Crippen LogP contribution < -0.4 is 11.3 Å². The lowest BCUT2D eigenvalue weighted by Gasteiger charge is -2.10. The highest BCUT2D eigenvalue weighted by atomic mass is 19.1. The molecule has 0 bridgehead atoms. The van der Waals surface area contributed by atoms with Gasteiger partial charge in [0.2, 0.25) is 0 Å². The third-order valence-corrected chi connectivity index (χ3v) is 3.09. The van der Waals surface area contributed by atoms with Crippen molar-refractivity contribution < 1.29 is 8.78 Å². The van der Waals surface area contributed by atoms with Crippen LogP contribution in [0.25, 0.3) is 22.2 Å². The minimum atomic E-state index is -0.587. The van der Waals surface area contributed by atoms with Crippen LogP contribution in [-0.4, -0.2) is 4.98 Å². The van der Waals surface area contributed by atoms with Crippen LogP contribution in [0.4, 0.5) is 14.5 Å². The summed E-state index contributed by atoms with van der Waals surface area (Å²) < 4.78 is 27.7. The van der Waals surface area contributed by atoms with E-state index in [9.17, 15) is 8.78 Å². The van der Waals surface area contributed by atoms with Crippen molar-refractivity contribution in [1.29, 1.82) is 0 Å². The fraction of sp³-hybridized carbons (Fsp3) is 0. The monoisotopic (exact) mass is 271 g/mol. The van der Waals surface area contributed by atoms with E-state index in [-0.39, 0.29) is 10.9 Å². The zero-order chi connectivity index (χ0) is 14.1. The maximum absolute atomic E-state index is 13.9. The average molecular weight is 271 g/mol. The molecule has 0 radical (unpaired) electrons. The smallest absolute Gasteiger partial charge is 0.149 e. The summed E-state index contributed by atoms with van der Waals surface area (Å²) in [6.07, 6.45) is 0. The van der Waals surface area contributed by atoms with Gasteiger partial charge in [0.05, 0.1) is 16.8 Å². The van der Waals surface area contributed by atoms with E-state index < -0.39 is 11.6 Å². The zero-order valence-corrected chi connectivity index (χ0v) is 10.4. The number of rotatable bonds is 2. The SMILES string of the molecule is NNc1cc(-c2ccccc2)nc2c(F)ccc(F)c12. The van der Waals surface area contributed by atoms with Gasteiger partial charge in [0.15, 0.2) is 0 Å². The molecule has 5 heteroatoms. The number of benzene rings is 2. The fourth-order valence-corrected chi connectivity index (χ4v) is 2.14. The Morgan fingerprint density at radius 1 is 0.950 bits per heavy atom. The number of hydrogen-bond acceptors (Lipinski definition) is 3. The molecule has 0 unspecified atom stereocenters. The molecule has 3 nitrogen and oxygen atoms in total. The molecule has 3 N–H and O–H groups in total. The number of pyridine rings is 1. The number of hydrazine groups is 1. The number of nitrogen functional groups attached to an aromatic ring is 1. The molecular formula is C15H11F2N3. The van der Waals surface area contributed by atoms with Crippen LogP contribution in [0.15, 0.2) is 48.5 Å². The van der Waals surface area contributed by atoms with Crippen LogP contribution >= 0.6 is 0 Å². The van der Waals surface area contributed by atoms with Crippen LogP contribution in [0, 0.1) is 11.6 Å². The van der Waals surface area contributed by atoms with Crippen molar-refractivity contribution in [2.75, 3.05) is 5.43 Å². The summed E-state index contributed by atoms with van der Waals surface area (Å²) in [5, 5.41) is 0.0483. The molecule has 0 aliphatic carbocycles. The molecule has 1 heterocycles. The highest BCUT2D eigenvalue weighted by Crippen LogP contribution is 2.30. The Morgan fingerprint density at radius 3 is 2.35 bits per heavy atom. The number of nitrogens with two attached hydrogens (primary N) is 1. The lowest BCUT2D eigenvalue weighted by molar-refractivity contribution is 0.615. The highest BCUT2D eigenvalue weighted by Gasteiger charge is 2.14. The van der Waals surface area contributed by atoms with Gasteiger partial charge in [0.25, 0.3) is 0 Å². The molecule has 0 amide bonds. The van der Waals surface area contributed by atoms with E-state index in [1.807, 2.05) is 30.3 Å². The van der Waals surface area contributed by atoms with Gasteiger partial charge in [-0.15, -0.1) is 0 Å². The molecule has 100 valence electrons. The van der Waals surface area contributed by atoms with Gasteiger partial charge in [0, 0.05) is 5.56 Å². The van der Waals surface area contributed by atoms with Crippen molar-refractivity contribution in [2.45, 2.75) is 0 Å². The predicted molar refractivity (Wildman–Crippen MR) is 74.9 cm³/mol. The number of anilines is 1.